The van der Waals surface area contributed by atoms with Gasteiger partial charge in [0.2, 0.25) is 0 Å². The summed E-state index contributed by atoms with van der Waals surface area (Å²) in [5.74, 6) is 0. The Morgan fingerprint density at radius 3 is 2.77 bits per heavy atom. The van der Waals surface area contributed by atoms with Gasteiger partial charge >= 0.3 is 0 Å². The number of nitrogens with zero attached hydrogens (tertiary/aromatic N) is 1. The third kappa shape index (κ3) is 2.40. The zero-order valence-electron chi connectivity index (χ0n) is 7.14. The molecule has 0 aromatic heterocycles. The molecular formula is C10H10NO2. The Labute approximate surface area is 76.9 Å². The van der Waals surface area contributed by atoms with E-state index in [0.29, 0.717) is 12.0 Å². The van der Waals surface area contributed by atoms with Crippen LogP contribution in [0, 0.1) is 17.0 Å². The van der Waals surface area contributed by atoms with Crippen molar-refractivity contribution >= 4 is 11.8 Å². The lowest BCUT2D eigenvalue weighted by Gasteiger charge is -1.95. The SMILES string of the molecule is [CH2]C/C=C/c1ccccc1[N+](=O)[O-]. The zero-order chi connectivity index (χ0) is 9.68. The number of benzene rings is 1. The van der Waals surface area contributed by atoms with Crippen molar-refractivity contribution in [1.82, 2.24) is 0 Å². The molecule has 0 aliphatic carbocycles. The van der Waals surface area contributed by atoms with Crippen LogP contribution in [0.2, 0.25) is 0 Å². The number of nitro benzene ring substituents is 1. The molecule has 0 saturated heterocycles. The van der Waals surface area contributed by atoms with E-state index in [1.54, 1.807) is 30.4 Å². The molecule has 0 amide bonds. The predicted molar refractivity (Wildman–Crippen MR) is 52.1 cm³/mol. The predicted octanol–water partition coefficient (Wildman–Crippen LogP) is 2.83. The Hall–Kier alpha value is -1.64. The van der Waals surface area contributed by atoms with Crippen LogP contribution in [0.5, 0.6) is 0 Å². The second-order valence-corrected chi connectivity index (χ2v) is 2.51. The second kappa shape index (κ2) is 4.40. The number of para-hydroxylation sites is 1. The van der Waals surface area contributed by atoms with Crippen LogP contribution >= 0.6 is 0 Å². The van der Waals surface area contributed by atoms with Crippen LogP contribution in [0.1, 0.15) is 12.0 Å². The van der Waals surface area contributed by atoms with Crippen LogP contribution in [-0.4, -0.2) is 4.92 Å². The second-order valence-electron chi connectivity index (χ2n) is 2.51. The smallest absolute Gasteiger partial charge is 0.258 e. The van der Waals surface area contributed by atoms with E-state index in [1.165, 1.54) is 6.07 Å². The molecule has 13 heavy (non-hydrogen) atoms. The Bertz CT molecular complexity index is 331. The van der Waals surface area contributed by atoms with Gasteiger partial charge in [-0.25, -0.2) is 0 Å². The maximum Gasteiger partial charge on any atom is 0.276 e. The summed E-state index contributed by atoms with van der Waals surface area (Å²) in [6.45, 7) is 3.62. The van der Waals surface area contributed by atoms with Crippen LogP contribution in [0.4, 0.5) is 5.69 Å². The van der Waals surface area contributed by atoms with Crippen molar-refractivity contribution in [3.63, 3.8) is 0 Å². The summed E-state index contributed by atoms with van der Waals surface area (Å²) in [6.07, 6.45) is 4.14. The summed E-state index contributed by atoms with van der Waals surface area (Å²) in [5.41, 5.74) is 0.753. The largest absolute Gasteiger partial charge is 0.276 e. The number of hydrogen-bond donors (Lipinski definition) is 0. The van der Waals surface area contributed by atoms with E-state index in [9.17, 15) is 10.1 Å². The molecule has 1 radical (unpaired) electrons. The van der Waals surface area contributed by atoms with Crippen LogP contribution in [0.25, 0.3) is 6.08 Å². The molecule has 1 aromatic rings. The minimum Gasteiger partial charge on any atom is -0.258 e. The number of hydrogen-bond acceptors (Lipinski definition) is 2. The Balaban J connectivity index is 3.05. The first-order chi connectivity index (χ1) is 6.25. The normalized spacial score (nSPS) is 10.5. The summed E-state index contributed by atoms with van der Waals surface area (Å²) in [4.78, 5) is 10.2. The molecule has 1 rings (SSSR count). The van der Waals surface area contributed by atoms with E-state index in [0.717, 1.165) is 0 Å². The molecule has 67 valence electrons. The van der Waals surface area contributed by atoms with Gasteiger partial charge < -0.3 is 0 Å². The van der Waals surface area contributed by atoms with Crippen molar-refractivity contribution in [1.29, 1.82) is 0 Å². The maximum absolute atomic E-state index is 10.5. The highest BCUT2D eigenvalue weighted by atomic mass is 16.6. The van der Waals surface area contributed by atoms with E-state index in [4.69, 9.17) is 0 Å². The molecule has 0 saturated carbocycles. The number of nitro groups is 1. The molecular weight excluding hydrogens is 166 g/mol. The molecule has 0 heterocycles. The highest BCUT2D eigenvalue weighted by Crippen LogP contribution is 2.18. The Morgan fingerprint density at radius 1 is 1.46 bits per heavy atom. The van der Waals surface area contributed by atoms with Crippen molar-refractivity contribution in [3.05, 3.63) is 52.9 Å². The third-order valence-corrected chi connectivity index (χ3v) is 1.60. The van der Waals surface area contributed by atoms with Crippen molar-refractivity contribution in [2.45, 2.75) is 6.42 Å². The molecule has 3 nitrogen and oxygen atoms in total. The minimum absolute atomic E-state index is 0.132. The summed E-state index contributed by atoms with van der Waals surface area (Å²) in [7, 11) is 0. The third-order valence-electron chi connectivity index (χ3n) is 1.60. The molecule has 0 N–H and O–H groups in total. The molecule has 3 heteroatoms. The van der Waals surface area contributed by atoms with Crippen molar-refractivity contribution in [2.24, 2.45) is 0 Å². The van der Waals surface area contributed by atoms with Crippen LogP contribution in [0.15, 0.2) is 30.3 Å². The van der Waals surface area contributed by atoms with Gasteiger partial charge in [0.25, 0.3) is 5.69 Å². The quantitative estimate of drug-likeness (QED) is 0.525. The monoisotopic (exact) mass is 176 g/mol. The lowest BCUT2D eigenvalue weighted by molar-refractivity contribution is -0.385. The molecule has 0 spiro atoms. The van der Waals surface area contributed by atoms with Gasteiger partial charge in [0.1, 0.15) is 0 Å². The van der Waals surface area contributed by atoms with Gasteiger partial charge in [-0.3, -0.25) is 10.1 Å². The molecule has 1 aromatic carbocycles. The van der Waals surface area contributed by atoms with Crippen molar-refractivity contribution in [2.75, 3.05) is 0 Å². The van der Waals surface area contributed by atoms with Crippen LogP contribution in [-0.2, 0) is 0 Å². The van der Waals surface area contributed by atoms with Crippen molar-refractivity contribution < 1.29 is 4.92 Å². The van der Waals surface area contributed by atoms with Crippen molar-refractivity contribution in [3.8, 4) is 0 Å². The Morgan fingerprint density at radius 2 is 2.15 bits per heavy atom. The molecule has 0 aliphatic rings. The average Bonchev–Trinajstić information content (AvgIpc) is 2.15. The fourth-order valence-electron chi connectivity index (χ4n) is 1.01. The summed E-state index contributed by atoms with van der Waals surface area (Å²) < 4.78 is 0. The molecule has 0 unspecified atom stereocenters. The van der Waals surface area contributed by atoms with Gasteiger partial charge in [0, 0.05) is 6.07 Å². The molecule has 0 atom stereocenters. The first-order valence-electron chi connectivity index (χ1n) is 3.95. The maximum atomic E-state index is 10.5. The lowest BCUT2D eigenvalue weighted by Crippen LogP contribution is -1.90. The van der Waals surface area contributed by atoms with Crippen LogP contribution < -0.4 is 0 Å². The zero-order valence-corrected chi connectivity index (χ0v) is 7.14. The lowest BCUT2D eigenvalue weighted by atomic mass is 10.1. The summed E-state index contributed by atoms with van der Waals surface area (Å²) in [6, 6.07) is 6.63. The Kier molecular flexibility index (Phi) is 3.20. The van der Waals surface area contributed by atoms with Gasteiger partial charge in [0.05, 0.1) is 10.5 Å². The standard InChI is InChI=1S/C10H10NO2/c1-2-3-6-9-7-4-5-8-10(9)11(12)13/h3-8H,1-2H2/b6-3+. The van der Waals surface area contributed by atoms with E-state index in [-0.39, 0.29) is 10.6 Å². The van der Waals surface area contributed by atoms with E-state index < -0.39 is 0 Å². The minimum atomic E-state index is -0.386. The first-order valence-corrected chi connectivity index (χ1v) is 3.95. The van der Waals surface area contributed by atoms with Gasteiger partial charge in [0.15, 0.2) is 0 Å². The number of allylic oxidation sites excluding steroid dienone is 1. The van der Waals surface area contributed by atoms with Gasteiger partial charge in [-0.2, -0.15) is 0 Å². The highest BCUT2D eigenvalue weighted by molar-refractivity contribution is 5.60. The summed E-state index contributed by atoms with van der Waals surface area (Å²) in [5, 5.41) is 10.5. The molecule has 0 bridgehead atoms. The molecule has 0 fully saturated rings. The van der Waals surface area contributed by atoms with E-state index in [1.807, 2.05) is 0 Å². The van der Waals surface area contributed by atoms with Crippen LogP contribution in [0.3, 0.4) is 0 Å². The van der Waals surface area contributed by atoms with Gasteiger partial charge in [-0.05, 0) is 19.4 Å². The average molecular weight is 176 g/mol. The first kappa shape index (κ1) is 9.45. The van der Waals surface area contributed by atoms with E-state index in [2.05, 4.69) is 6.92 Å². The van der Waals surface area contributed by atoms with E-state index >= 15 is 0 Å². The highest BCUT2D eigenvalue weighted by Gasteiger charge is 2.08. The molecule has 0 aliphatic heterocycles. The fraction of sp³-hybridized carbons (Fsp3) is 0.100. The number of rotatable bonds is 3. The topological polar surface area (TPSA) is 43.1 Å². The fourth-order valence-corrected chi connectivity index (χ4v) is 1.01. The summed E-state index contributed by atoms with van der Waals surface area (Å²) >= 11 is 0. The van der Waals surface area contributed by atoms with Gasteiger partial charge in [-0.1, -0.05) is 24.3 Å². The van der Waals surface area contributed by atoms with Gasteiger partial charge in [-0.15, -0.1) is 0 Å².